The topological polar surface area (TPSA) is 110 Å². The van der Waals surface area contributed by atoms with E-state index in [0.29, 0.717) is 38.7 Å². The summed E-state index contributed by atoms with van der Waals surface area (Å²) in [7, 11) is 0. The second kappa shape index (κ2) is 7.13. The normalized spacial score (nSPS) is 49.9. The van der Waals surface area contributed by atoms with E-state index in [1.807, 2.05) is 0 Å². The number of fused-ring (bicyclic) bond motifs is 5. The van der Waals surface area contributed by atoms with Crippen molar-refractivity contribution >= 4 is 18.2 Å². The van der Waals surface area contributed by atoms with Crippen LogP contribution in [-0.2, 0) is 23.9 Å². The van der Waals surface area contributed by atoms with Crippen molar-refractivity contribution in [2.75, 3.05) is 6.61 Å². The minimum absolute atomic E-state index is 0.0828. The first-order valence-electron chi connectivity index (χ1n) is 12.0. The molecule has 0 saturated heterocycles. The van der Waals surface area contributed by atoms with Crippen molar-refractivity contribution in [1.29, 1.82) is 0 Å². The zero-order valence-electron chi connectivity index (χ0n) is 19.0. The zero-order valence-corrected chi connectivity index (χ0v) is 19.0. The second-order valence-corrected chi connectivity index (χ2v) is 11.4. The molecule has 0 unspecified atom stereocenters. The Morgan fingerprint density at radius 1 is 1.12 bits per heavy atom. The lowest BCUT2D eigenvalue weighted by Crippen LogP contribution is -2.68. The van der Waals surface area contributed by atoms with Crippen LogP contribution >= 0.6 is 0 Å². The van der Waals surface area contributed by atoms with Crippen LogP contribution in [-0.4, -0.2) is 52.4 Å². The number of aliphatic hydroxyl groups is 2. The number of aldehydes is 1. The van der Waals surface area contributed by atoms with Gasteiger partial charge in [-0.15, -0.1) is 0 Å². The van der Waals surface area contributed by atoms with Crippen molar-refractivity contribution in [3.05, 3.63) is 11.6 Å². The number of carbonyl (C=O) groups excluding carboxylic acids is 3. The molecule has 176 valence electrons. The van der Waals surface area contributed by atoms with Gasteiger partial charge in [0, 0.05) is 19.4 Å². The summed E-state index contributed by atoms with van der Waals surface area (Å²) in [4.78, 5) is 35.8. The molecule has 5 aliphatic rings. The van der Waals surface area contributed by atoms with Crippen LogP contribution in [0.2, 0.25) is 0 Å². The fourth-order valence-electron chi connectivity index (χ4n) is 8.44. The van der Waals surface area contributed by atoms with Gasteiger partial charge in [-0.3, -0.25) is 4.79 Å². The Balaban J connectivity index is 1.45. The summed E-state index contributed by atoms with van der Waals surface area (Å²) in [6.45, 7) is 3.82. The molecular weight excluding hydrogens is 412 g/mol. The fraction of sp³-hybridized carbons (Fsp3) is 0.800. The molecule has 5 rings (SSSR count). The monoisotopic (exact) mass is 446 g/mol. The molecule has 4 saturated carbocycles. The zero-order chi connectivity index (χ0) is 22.9. The van der Waals surface area contributed by atoms with Crippen LogP contribution in [0.25, 0.3) is 0 Å². The minimum Gasteiger partial charge on any atom is -0.462 e. The summed E-state index contributed by atoms with van der Waals surface area (Å²) < 4.78 is 10.5. The average Bonchev–Trinajstić information content (AvgIpc) is 3.27. The second-order valence-electron chi connectivity index (χ2n) is 11.4. The predicted molar refractivity (Wildman–Crippen MR) is 113 cm³/mol. The summed E-state index contributed by atoms with van der Waals surface area (Å²) in [6.07, 6.45) is 7.44. The Hall–Kier alpha value is -1.73. The van der Waals surface area contributed by atoms with Crippen LogP contribution in [0.3, 0.4) is 0 Å². The lowest BCUT2D eigenvalue weighted by atomic mass is 9.42. The molecule has 0 aromatic rings. The van der Waals surface area contributed by atoms with Crippen LogP contribution < -0.4 is 0 Å². The highest BCUT2D eigenvalue weighted by Crippen LogP contribution is 2.69. The van der Waals surface area contributed by atoms with Crippen molar-refractivity contribution in [3.63, 3.8) is 0 Å². The van der Waals surface area contributed by atoms with E-state index in [-0.39, 0.29) is 47.6 Å². The first-order valence-corrected chi connectivity index (χ1v) is 12.0. The highest BCUT2D eigenvalue weighted by Gasteiger charge is 2.70. The largest absolute Gasteiger partial charge is 0.462 e. The standard InChI is InChI=1S/C25H34O7/c1-15(27)32-18-3-7-23(14-26)19-4-6-22(2)10-17(16-9-21(28)31-13-16)11-25(22,30)20(19)5-8-24(23,29)12-18/h9,14,17-20,29-30H,3-8,10-13H2,1-2H3/t17-,18-,19+,20+,22+,23-,24-,25-/m0/s1. The first-order chi connectivity index (χ1) is 15.1. The first kappa shape index (κ1) is 22.1. The Morgan fingerprint density at radius 2 is 1.88 bits per heavy atom. The number of esters is 2. The van der Waals surface area contributed by atoms with E-state index in [1.54, 1.807) is 6.08 Å². The molecule has 0 radical (unpaired) electrons. The number of ether oxygens (including phenoxy) is 2. The molecule has 1 heterocycles. The van der Waals surface area contributed by atoms with Gasteiger partial charge in [0.1, 0.15) is 19.0 Å². The van der Waals surface area contributed by atoms with E-state index < -0.39 is 16.6 Å². The molecule has 32 heavy (non-hydrogen) atoms. The van der Waals surface area contributed by atoms with Gasteiger partial charge in [-0.2, -0.15) is 0 Å². The quantitative estimate of drug-likeness (QED) is 0.506. The van der Waals surface area contributed by atoms with Gasteiger partial charge in [0.15, 0.2) is 0 Å². The maximum Gasteiger partial charge on any atom is 0.331 e. The molecule has 0 spiro atoms. The highest BCUT2D eigenvalue weighted by molar-refractivity contribution is 5.85. The maximum absolute atomic E-state index is 12.7. The molecule has 7 nitrogen and oxygen atoms in total. The smallest absolute Gasteiger partial charge is 0.331 e. The third-order valence-electron chi connectivity index (χ3n) is 10.00. The number of carbonyl (C=O) groups is 3. The van der Waals surface area contributed by atoms with Crippen molar-refractivity contribution in [2.24, 2.45) is 28.6 Å². The summed E-state index contributed by atoms with van der Waals surface area (Å²) >= 11 is 0. The van der Waals surface area contributed by atoms with Crippen LogP contribution in [0.4, 0.5) is 0 Å². The van der Waals surface area contributed by atoms with Crippen molar-refractivity contribution in [1.82, 2.24) is 0 Å². The average molecular weight is 447 g/mol. The highest BCUT2D eigenvalue weighted by atomic mass is 16.5. The molecule has 4 fully saturated rings. The summed E-state index contributed by atoms with van der Waals surface area (Å²) in [5.74, 6) is -0.765. The van der Waals surface area contributed by atoms with Gasteiger partial charge in [-0.1, -0.05) is 6.92 Å². The molecule has 1 aliphatic heterocycles. The summed E-state index contributed by atoms with van der Waals surface area (Å²) in [5, 5.41) is 23.9. The van der Waals surface area contributed by atoms with Gasteiger partial charge in [-0.25, -0.2) is 4.79 Å². The molecule has 0 aromatic heterocycles. The van der Waals surface area contributed by atoms with E-state index in [9.17, 15) is 24.6 Å². The van der Waals surface area contributed by atoms with E-state index in [2.05, 4.69) is 6.92 Å². The van der Waals surface area contributed by atoms with Crippen LogP contribution in [0, 0.1) is 28.6 Å². The summed E-state index contributed by atoms with van der Waals surface area (Å²) in [6, 6.07) is 0. The minimum atomic E-state index is -1.22. The van der Waals surface area contributed by atoms with Crippen molar-refractivity contribution in [2.45, 2.75) is 88.9 Å². The van der Waals surface area contributed by atoms with Crippen molar-refractivity contribution < 1.29 is 34.1 Å². The van der Waals surface area contributed by atoms with Crippen LogP contribution in [0.5, 0.6) is 0 Å². The number of hydrogen-bond acceptors (Lipinski definition) is 7. The number of rotatable bonds is 3. The summed E-state index contributed by atoms with van der Waals surface area (Å²) in [5.41, 5.74) is -2.41. The Bertz CT molecular complexity index is 882. The van der Waals surface area contributed by atoms with E-state index in [0.717, 1.165) is 31.1 Å². The van der Waals surface area contributed by atoms with Gasteiger partial charge >= 0.3 is 11.9 Å². The van der Waals surface area contributed by atoms with E-state index in [1.165, 1.54) is 6.92 Å². The molecule has 0 amide bonds. The van der Waals surface area contributed by atoms with Crippen LogP contribution in [0.1, 0.15) is 71.6 Å². The Kier molecular flexibility index (Phi) is 4.92. The van der Waals surface area contributed by atoms with Gasteiger partial charge in [-0.05, 0) is 80.1 Å². The molecule has 8 atom stereocenters. The maximum atomic E-state index is 12.7. The molecule has 4 aliphatic carbocycles. The molecular formula is C25H34O7. The van der Waals surface area contributed by atoms with Gasteiger partial charge < -0.3 is 24.5 Å². The molecule has 2 N–H and O–H groups in total. The molecule has 0 bridgehead atoms. The lowest BCUT2D eigenvalue weighted by molar-refractivity contribution is -0.247. The molecule has 0 aromatic carbocycles. The van der Waals surface area contributed by atoms with Crippen LogP contribution in [0.15, 0.2) is 11.6 Å². The third kappa shape index (κ3) is 2.89. The predicted octanol–water partition coefficient (Wildman–Crippen LogP) is 2.47. The fourth-order valence-corrected chi connectivity index (χ4v) is 8.44. The Morgan fingerprint density at radius 3 is 2.53 bits per heavy atom. The SMILES string of the molecule is CC(=O)O[C@H]1CC[C@]2(C=O)[C@@H]3CC[C@]4(C)C[C@H](C5=CC(=O)OC5)C[C@]4(O)[C@@H]3CC[C@]2(O)C1. The van der Waals surface area contributed by atoms with E-state index >= 15 is 0 Å². The van der Waals surface area contributed by atoms with Crippen molar-refractivity contribution in [3.8, 4) is 0 Å². The molecule has 7 heteroatoms. The number of hydrogen-bond donors (Lipinski definition) is 2. The third-order valence-corrected chi connectivity index (χ3v) is 10.00. The number of cyclic esters (lactones) is 1. The van der Waals surface area contributed by atoms with E-state index in [4.69, 9.17) is 9.47 Å². The van der Waals surface area contributed by atoms with Gasteiger partial charge in [0.2, 0.25) is 0 Å². The van der Waals surface area contributed by atoms with Gasteiger partial charge in [0.05, 0.1) is 16.6 Å². The Labute approximate surface area is 188 Å². The lowest BCUT2D eigenvalue weighted by Gasteiger charge is -2.64. The van der Waals surface area contributed by atoms with Gasteiger partial charge in [0.25, 0.3) is 0 Å².